The topological polar surface area (TPSA) is 9.23 Å². The summed E-state index contributed by atoms with van der Waals surface area (Å²) in [6.07, 6.45) is 0.629. The minimum atomic E-state index is -4.60. The van der Waals surface area contributed by atoms with Crippen LogP contribution in [0.2, 0.25) is 0 Å². The largest absolute Gasteiger partial charge is 0.432 e. The highest BCUT2D eigenvalue weighted by atomic mass is 19.3. The molecule has 0 aliphatic heterocycles. The van der Waals surface area contributed by atoms with Crippen LogP contribution < -0.4 is 4.74 Å². The van der Waals surface area contributed by atoms with Gasteiger partial charge in [0.1, 0.15) is 40.4 Å². The minimum absolute atomic E-state index is 0.0259. The molecule has 0 spiro atoms. The Kier molecular flexibility index (Phi) is 10.1. The first-order valence-electron chi connectivity index (χ1n) is 14.8. The van der Waals surface area contributed by atoms with Crippen LogP contribution in [0.15, 0.2) is 97.3 Å². The zero-order valence-electron chi connectivity index (χ0n) is 25.1. The molecule has 5 rings (SSSR count). The number of rotatable bonds is 11. The van der Waals surface area contributed by atoms with Crippen molar-refractivity contribution < 1.29 is 39.9 Å². The van der Waals surface area contributed by atoms with Crippen molar-refractivity contribution in [1.82, 2.24) is 0 Å². The lowest BCUT2D eigenvalue weighted by Crippen LogP contribution is -2.25. The van der Waals surface area contributed by atoms with Crippen molar-refractivity contribution in [3.05, 3.63) is 143 Å². The monoisotopic (exact) mass is 652 g/mol. The van der Waals surface area contributed by atoms with Gasteiger partial charge in [-0.3, -0.25) is 0 Å². The average molecular weight is 653 g/mol. The summed E-state index contributed by atoms with van der Waals surface area (Å²) in [7, 11) is 0. The molecule has 0 bridgehead atoms. The molecule has 9 heteroatoms. The molecule has 5 aromatic carbocycles. The molecule has 1 nitrogen and oxygen atoms in total. The van der Waals surface area contributed by atoms with E-state index in [1.165, 1.54) is 24.3 Å². The standard InChI is InChI=1S/C38H28F8O/c1-2-3-4-5-23-6-8-24(9-7-23)26-12-14-31(33(41)18-26)28-20-35(43)37(36(44)21-28)38(45,46)47-29-13-15-30(34(42)22-29)27-11-10-25(16-17-39)32(40)19-27/h6-22H,2-5H2,1H3. The summed E-state index contributed by atoms with van der Waals surface area (Å²) in [4.78, 5) is 0. The SMILES string of the molecule is CCCCCc1ccc(-c2ccc(-c3cc(F)c(C(F)(F)Oc4ccc(-c5ccc(C=CF)c(F)c5)c(F)c4)c(F)c3)c(F)c2)cc1. The van der Waals surface area contributed by atoms with E-state index in [2.05, 4.69) is 11.7 Å². The highest BCUT2D eigenvalue weighted by Crippen LogP contribution is 2.39. The molecule has 0 saturated heterocycles. The van der Waals surface area contributed by atoms with E-state index < -0.39 is 46.5 Å². The van der Waals surface area contributed by atoms with Gasteiger partial charge < -0.3 is 4.74 Å². The lowest BCUT2D eigenvalue weighted by atomic mass is 9.97. The molecule has 0 saturated carbocycles. The van der Waals surface area contributed by atoms with Gasteiger partial charge in [0.2, 0.25) is 0 Å². The number of halogens is 8. The summed E-state index contributed by atoms with van der Waals surface area (Å²) < 4.78 is 121. The highest BCUT2D eigenvalue weighted by Gasteiger charge is 2.41. The fourth-order valence-corrected chi connectivity index (χ4v) is 5.27. The molecule has 0 aliphatic carbocycles. The van der Waals surface area contributed by atoms with Crippen molar-refractivity contribution in [2.75, 3.05) is 0 Å². The van der Waals surface area contributed by atoms with Gasteiger partial charge in [0.15, 0.2) is 0 Å². The lowest BCUT2D eigenvalue weighted by Gasteiger charge is -2.20. The fourth-order valence-electron chi connectivity index (χ4n) is 5.27. The Morgan fingerprint density at radius 1 is 0.596 bits per heavy atom. The third-order valence-corrected chi connectivity index (χ3v) is 7.71. The molecule has 0 aliphatic rings. The van der Waals surface area contributed by atoms with Gasteiger partial charge in [-0.2, -0.15) is 8.78 Å². The van der Waals surface area contributed by atoms with Gasteiger partial charge in [-0.1, -0.05) is 68.3 Å². The van der Waals surface area contributed by atoms with Crippen molar-refractivity contribution in [3.63, 3.8) is 0 Å². The number of hydrogen-bond acceptors (Lipinski definition) is 1. The van der Waals surface area contributed by atoms with Gasteiger partial charge >= 0.3 is 6.11 Å². The maximum absolute atomic E-state index is 15.2. The molecule has 0 fully saturated rings. The molecular formula is C38H28F8O. The Bertz CT molecular complexity index is 1890. The Balaban J connectivity index is 1.35. The first kappa shape index (κ1) is 33.4. The third-order valence-electron chi connectivity index (χ3n) is 7.71. The summed E-state index contributed by atoms with van der Waals surface area (Å²) in [6.45, 7) is 2.12. The molecule has 0 aromatic heterocycles. The smallest absolute Gasteiger partial charge is 0.429 e. The first-order valence-corrected chi connectivity index (χ1v) is 14.8. The van der Waals surface area contributed by atoms with Crippen LogP contribution in [0.1, 0.15) is 42.9 Å². The number of alkyl halides is 2. The van der Waals surface area contributed by atoms with E-state index in [0.29, 0.717) is 23.8 Å². The minimum Gasteiger partial charge on any atom is -0.429 e. The Morgan fingerprint density at radius 3 is 1.79 bits per heavy atom. The van der Waals surface area contributed by atoms with Gasteiger partial charge in [0.05, 0.1) is 6.33 Å². The summed E-state index contributed by atoms with van der Waals surface area (Å²) in [5, 5.41) is 0. The van der Waals surface area contributed by atoms with Crippen molar-refractivity contribution in [3.8, 4) is 39.1 Å². The average Bonchev–Trinajstić information content (AvgIpc) is 3.02. The number of hydrogen-bond donors (Lipinski definition) is 0. The normalized spacial score (nSPS) is 11.8. The third kappa shape index (κ3) is 7.56. The molecule has 0 atom stereocenters. The second-order valence-corrected chi connectivity index (χ2v) is 11.0. The van der Waals surface area contributed by atoms with E-state index in [4.69, 9.17) is 0 Å². The molecule has 0 unspecified atom stereocenters. The zero-order valence-corrected chi connectivity index (χ0v) is 25.1. The predicted molar refractivity (Wildman–Crippen MR) is 167 cm³/mol. The van der Waals surface area contributed by atoms with Crippen LogP contribution in [-0.2, 0) is 12.5 Å². The van der Waals surface area contributed by atoms with E-state index in [0.717, 1.165) is 61.1 Å². The molecule has 0 N–H and O–H groups in total. The molecule has 47 heavy (non-hydrogen) atoms. The van der Waals surface area contributed by atoms with Crippen LogP contribution in [-0.4, -0.2) is 0 Å². The van der Waals surface area contributed by atoms with Gasteiger partial charge in [0.25, 0.3) is 0 Å². The molecule has 242 valence electrons. The van der Waals surface area contributed by atoms with Gasteiger partial charge in [-0.15, -0.1) is 0 Å². The predicted octanol–water partition coefficient (Wildman–Crippen LogP) is 12.2. The van der Waals surface area contributed by atoms with Crippen molar-refractivity contribution in [1.29, 1.82) is 0 Å². The van der Waals surface area contributed by atoms with E-state index >= 15 is 22.0 Å². The Morgan fingerprint density at radius 2 is 1.17 bits per heavy atom. The summed E-state index contributed by atoms with van der Waals surface area (Å²) in [5.41, 5.74) is -0.113. The van der Waals surface area contributed by atoms with E-state index in [-0.39, 0.29) is 34.1 Å². The van der Waals surface area contributed by atoms with Crippen LogP contribution in [0.5, 0.6) is 5.75 Å². The van der Waals surface area contributed by atoms with E-state index in [1.54, 1.807) is 6.07 Å². The maximum Gasteiger partial charge on any atom is 0.432 e. The van der Waals surface area contributed by atoms with Gasteiger partial charge in [0, 0.05) is 22.8 Å². The molecule has 5 aromatic rings. The summed E-state index contributed by atoms with van der Waals surface area (Å²) >= 11 is 0. The van der Waals surface area contributed by atoms with Crippen LogP contribution in [0.4, 0.5) is 35.1 Å². The van der Waals surface area contributed by atoms with Crippen LogP contribution in [0.25, 0.3) is 39.5 Å². The highest BCUT2D eigenvalue weighted by molar-refractivity contribution is 5.72. The van der Waals surface area contributed by atoms with Crippen LogP contribution in [0, 0.1) is 29.1 Å². The van der Waals surface area contributed by atoms with Crippen molar-refractivity contribution in [2.45, 2.75) is 38.7 Å². The molecule has 0 amide bonds. The fraction of sp³-hybridized carbons (Fsp3) is 0.158. The molecule has 0 radical (unpaired) electrons. The molecule has 0 heterocycles. The second kappa shape index (κ2) is 14.2. The van der Waals surface area contributed by atoms with Crippen molar-refractivity contribution in [2.24, 2.45) is 0 Å². The quantitative estimate of drug-likeness (QED) is 0.102. The number of unbranched alkanes of at least 4 members (excludes halogenated alkanes) is 2. The van der Waals surface area contributed by atoms with E-state index in [9.17, 15) is 13.2 Å². The number of ether oxygens (including phenoxy) is 1. The summed E-state index contributed by atoms with van der Waals surface area (Å²) in [6, 6.07) is 18.7. The zero-order chi connectivity index (χ0) is 33.7. The molecular weight excluding hydrogens is 624 g/mol. The first-order chi connectivity index (χ1) is 22.5. The van der Waals surface area contributed by atoms with E-state index in [1.807, 2.05) is 24.3 Å². The second-order valence-electron chi connectivity index (χ2n) is 11.0. The Labute approximate surface area is 266 Å². The summed E-state index contributed by atoms with van der Waals surface area (Å²) in [5.74, 6) is -6.94. The van der Waals surface area contributed by atoms with Crippen molar-refractivity contribution >= 4 is 6.08 Å². The Hall–Kier alpha value is -4.92. The van der Waals surface area contributed by atoms with Gasteiger partial charge in [-0.25, -0.2) is 26.3 Å². The number of aryl methyl sites for hydroxylation is 1. The lowest BCUT2D eigenvalue weighted by molar-refractivity contribution is -0.189. The van der Waals surface area contributed by atoms with Gasteiger partial charge in [-0.05, 0) is 83.1 Å². The maximum atomic E-state index is 15.2. The van der Waals surface area contributed by atoms with Crippen LogP contribution in [0.3, 0.4) is 0 Å². The van der Waals surface area contributed by atoms with Crippen LogP contribution >= 0.6 is 0 Å². The number of benzene rings is 5.